The van der Waals surface area contributed by atoms with E-state index in [1.54, 1.807) is 7.05 Å². The van der Waals surface area contributed by atoms with Crippen LogP contribution < -0.4 is 11.1 Å². The molecule has 1 aliphatic rings. The molecule has 1 aliphatic heterocycles. The Morgan fingerprint density at radius 2 is 2.36 bits per heavy atom. The van der Waals surface area contributed by atoms with Crippen molar-refractivity contribution in [3.63, 3.8) is 0 Å². The van der Waals surface area contributed by atoms with Crippen molar-refractivity contribution in [2.75, 3.05) is 26.7 Å². The minimum absolute atomic E-state index is 0.0999. The molecule has 0 aromatic heterocycles. The summed E-state index contributed by atoms with van der Waals surface area (Å²) in [6, 6.07) is 0. The third-order valence-electron chi connectivity index (χ3n) is 2.71. The molecule has 1 saturated heterocycles. The number of nitrogens with one attached hydrogen (secondary N) is 1. The van der Waals surface area contributed by atoms with Gasteiger partial charge in [0.2, 0.25) is 5.91 Å². The maximum atomic E-state index is 11.6. The first-order chi connectivity index (χ1) is 6.48. The number of thiocarbonyl (C=S) groups is 1. The van der Waals surface area contributed by atoms with E-state index in [2.05, 4.69) is 10.2 Å². The quantitative estimate of drug-likeness (QED) is 0.636. The van der Waals surface area contributed by atoms with Gasteiger partial charge in [-0.15, -0.1) is 0 Å². The smallest absolute Gasteiger partial charge is 0.227 e. The minimum Gasteiger partial charge on any atom is -0.392 e. The van der Waals surface area contributed by atoms with Gasteiger partial charge in [-0.3, -0.25) is 9.69 Å². The van der Waals surface area contributed by atoms with Gasteiger partial charge in [0.05, 0.1) is 10.4 Å². The van der Waals surface area contributed by atoms with Gasteiger partial charge in [0, 0.05) is 20.1 Å². The van der Waals surface area contributed by atoms with Crippen LogP contribution in [0.15, 0.2) is 0 Å². The van der Waals surface area contributed by atoms with Crippen molar-refractivity contribution in [3.8, 4) is 0 Å². The van der Waals surface area contributed by atoms with Crippen molar-refractivity contribution in [2.24, 2.45) is 11.1 Å². The second-order valence-corrected chi connectivity index (χ2v) is 4.59. The second-order valence-electron chi connectivity index (χ2n) is 4.07. The first-order valence-corrected chi connectivity index (χ1v) is 5.11. The number of hydrogen-bond acceptors (Lipinski definition) is 3. The predicted molar refractivity (Wildman–Crippen MR) is 60.0 cm³/mol. The molecule has 1 atom stereocenters. The lowest BCUT2D eigenvalue weighted by Gasteiger charge is -2.22. The fourth-order valence-corrected chi connectivity index (χ4v) is 2.08. The molecule has 3 N–H and O–H groups in total. The zero-order chi connectivity index (χ0) is 10.8. The lowest BCUT2D eigenvalue weighted by Crippen LogP contribution is -2.40. The Balaban J connectivity index is 2.55. The second kappa shape index (κ2) is 4.23. The van der Waals surface area contributed by atoms with Gasteiger partial charge in [-0.2, -0.15) is 0 Å². The molecule has 4 nitrogen and oxygen atoms in total. The normalized spacial score (nSPS) is 27.6. The lowest BCUT2D eigenvalue weighted by atomic mass is 9.89. The number of carbonyl (C=O) groups excluding carboxylic acids is 1. The van der Waals surface area contributed by atoms with Crippen LogP contribution in [0, 0.1) is 5.41 Å². The predicted octanol–water partition coefficient (Wildman–Crippen LogP) is -0.269. The molecule has 14 heavy (non-hydrogen) atoms. The summed E-state index contributed by atoms with van der Waals surface area (Å²) in [7, 11) is 1.67. The van der Waals surface area contributed by atoms with Crippen molar-refractivity contribution in [1.82, 2.24) is 10.2 Å². The number of likely N-dealkylation sites (tertiary alicyclic amines) is 1. The van der Waals surface area contributed by atoms with Crippen LogP contribution in [0.1, 0.15) is 13.3 Å². The Kier molecular flexibility index (Phi) is 3.44. The Labute approximate surface area is 89.8 Å². The molecule has 0 aromatic carbocycles. The van der Waals surface area contributed by atoms with E-state index in [1.807, 2.05) is 6.92 Å². The highest BCUT2D eigenvalue weighted by Crippen LogP contribution is 2.29. The number of amides is 1. The van der Waals surface area contributed by atoms with Crippen molar-refractivity contribution < 1.29 is 4.79 Å². The molecule has 0 saturated carbocycles. The molecule has 80 valence electrons. The van der Waals surface area contributed by atoms with Gasteiger partial charge in [0.1, 0.15) is 0 Å². The van der Waals surface area contributed by atoms with Gasteiger partial charge in [-0.05, 0) is 19.9 Å². The van der Waals surface area contributed by atoms with Gasteiger partial charge in [-0.1, -0.05) is 12.2 Å². The Morgan fingerprint density at radius 1 is 1.71 bits per heavy atom. The summed E-state index contributed by atoms with van der Waals surface area (Å²) in [5, 5.41) is 2.69. The average Bonchev–Trinajstić information content (AvgIpc) is 2.46. The number of nitrogens with two attached hydrogens (primary N) is 1. The maximum Gasteiger partial charge on any atom is 0.227 e. The first kappa shape index (κ1) is 11.4. The van der Waals surface area contributed by atoms with Crippen LogP contribution in [0.25, 0.3) is 0 Å². The molecule has 1 unspecified atom stereocenters. The maximum absolute atomic E-state index is 11.6. The Hall–Kier alpha value is -0.680. The van der Waals surface area contributed by atoms with Crippen LogP contribution in [0.4, 0.5) is 0 Å². The minimum atomic E-state index is -0.278. The standard InChI is InChI=1S/C9H17N3OS/c1-9(8(13)11-2)3-4-12(6-9)5-7(10)14/h3-6H2,1-2H3,(H2,10,14)(H,11,13). The summed E-state index contributed by atoms with van der Waals surface area (Å²) in [5.74, 6) is 0.0999. The molecule has 5 heteroatoms. The van der Waals surface area contributed by atoms with Gasteiger partial charge < -0.3 is 11.1 Å². The van der Waals surface area contributed by atoms with E-state index in [0.29, 0.717) is 11.5 Å². The Morgan fingerprint density at radius 3 is 2.86 bits per heavy atom. The van der Waals surface area contributed by atoms with E-state index >= 15 is 0 Å². The van der Waals surface area contributed by atoms with Crippen molar-refractivity contribution in [1.29, 1.82) is 0 Å². The highest BCUT2D eigenvalue weighted by molar-refractivity contribution is 7.80. The van der Waals surface area contributed by atoms with E-state index in [0.717, 1.165) is 19.5 Å². The molecule has 0 bridgehead atoms. The zero-order valence-electron chi connectivity index (χ0n) is 8.67. The largest absolute Gasteiger partial charge is 0.392 e. The zero-order valence-corrected chi connectivity index (χ0v) is 9.49. The fraction of sp³-hybridized carbons (Fsp3) is 0.778. The van der Waals surface area contributed by atoms with Crippen molar-refractivity contribution in [2.45, 2.75) is 13.3 Å². The average molecular weight is 215 g/mol. The summed E-state index contributed by atoms with van der Waals surface area (Å²) >= 11 is 4.84. The Bertz CT molecular complexity index is 256. The lowest BCUT2D eigenvalue weighted by molar-refractivity contribution is -0.129. The summed E-state index contributed by atoms with van der Waals surface area (Å²) in [5.41, 5.74) is 5.18. The SMILES string of the molecule is CNC(=O)C1(C)CCN(CC(N)=S)C1. The van der Waals surface area contributed by atoms with Crippen LogP contribution in [0.5, 0.6) is 0 Å². The van der Waals surface area contributed by atoms with Crippen LogP contribution in [0.3, 0.4) is 0 Å². The summed E-state index contributed by atoms with van der Waals surface area (Å²) in [6.45, 7) is 4.22. The topological polar surface area (TPSA) is 58.4 Å². The van der Waals surface area contributed by atoms with Crippen molar-refractivity contribution >= 4 is 23.1 Å². The fourth-order valence-electron chi connectivity index (χ4n) is 1.90. The molecule has 1 heterocycles. The monoisotopic (exact) mass is 215 g/mol. The summed E-state index contributed by atoms with van der Waals surface area (Å²) < 4.78 is 0. The third-order valence-corrected chi connectivity index (χ3v) is 2.84. The molecule has 1 rings (SSSR count). The van der Waals surface area contributed by atoms with Gasteiger partial charge in [-0.25, -0.2) is 0 Å². The highest BCUT2D eigenvalue weighted by Gasteiger charge is 2.39. The molecule has 0 aromatic rings. The van der Waals surface area contributed by atoms with Crippen molar-refractivity contribution in [3.05, 3.63) is 0 Å². The summed E-state index contributed by atoms with van der Waals surface area (Å²) in [6.07, 6.45) is 0.870. The van der Waals surface area contributed by atoms with E-state index in [1.165, 1.54) is 0 Å². The number of carbonyl (C=O) groups is 1. The molecule has 1 amide bonds. The van der Waals surface area contributed by atoms with E-state index < -0.39 is 0 Å². The molecular formula is C9H17N3OS. The number of nitrogens with zero attached hydrogens (tertiary/aromatic N) is 1. The van der Waals surface area contributed by atoms with Gasteiger partial charge in [0.25, 0.3) is 0 Å². The van der Waals surface area contributed by atoms with Crippen LogP contribution >= 0.6 is 12.2 Å². The van der Waals surface area contributed by atoms with E-state index in [-0.39, 0.29) is 11.3 Å². The first-order valence-electron chi connectivity index (χ1n) is 4.71. The summed E-state index contributed by atoms with van der Waals surface area (Å²) in [4.78, 5) is 14.2. The van der Waals surface area contributed by atoms with Crippen LogP contribution in [0.2, 0.25) is 0 Å². The number of hydrogen-bond donors (Lipinski definition) is 2. The number of rotatable bonds is 3. The molecular weight excluding hydrogens is 198 g/mol. The molecule has 0 aliphatic carbocycles. The van der Waals surface area contributed by atoms with Crippen LogP contribution in [-0.2, 0) is 4.79 Å². The van der Waals surface area contributed by atoms with Gasteiger partial charge >= 0.3 is 0 Å². The third kappa shape index (κ3) is 2.42. The van der Waals surface area contributed by atoms with Crippen LogP contribution in [-0.4, -0.2) is 42.5 Å². The molecule has 1 fully saturated rings. The molecule has 0 spiro atoms. The van der Waals surface area contributed by atoms with E-state index in [4.69, 9.17) is 18.0 Å². The molecule has 0 radical (unpaired) electrons. The highest BCUT2D eigenvalue weighted by atomic mass is 32.1. The van der Waals surface area contributed by atoms with Gasteiger partial charge in [0.15, 0.2) is 0 Å². The van der Waals surface area contributed by atoms with E-state index in [9.17, 15) is 4.79 Å².